The molecule has 0 saturated carbocycles. The molecule has 0 aliphatic heterocycles. The molecule has 0 aliphatic carbocycles. The quantitative estimate of drug-likeness (QED) is 0.205. The van der Waals surface area contributed by atoms with E-state index in [0.717, 1.165) is 5.56 Å². The summed E-state index contributed by atoms with van der Waals surface area (Å²) in [6.45, 7) is 4.12. The number of esters is 1. The minimum atomic E-state index is -0.640. The maximum absolute atomic E-state index is 13.9. The molecule has 1 unspecified atom stereocenters. The number of amides is 2. The van der Waals surface area contributed by atoms with Crippen LogP contribution in [0.3, 0.4) is 0 Å². The molecule has 1 N–H and O–H groups in total. The van der Waals surface area contributed by atoms with Crippen LogP contribution in [0.2, 0.25) is 0 Å². The van der Waals surface area contributed by atoms with Gasteiger partial charge in [0.1, 0.15) is 11.6 Å². The van der Waals surface area contributed by atoms with Crippen LogP contribution in [0.4, 0.5) is 10.5 Å². The van der Waals surface area contributed by atoms with Gasteiger partial charge in [0.15, 0.2) is 0 Å². The molecule has 0 radical (unpaired) electrons. The van der Waals surface area contributed by atoms with E-state index in [9.17, 15) is 14.4 Å². The normalized spacial score (nSPS) is 11.5. The van der Waals surface area contributed by atoms with E-state index in [1.807, 2.05) is 43.3 Å². The van der Waals surface area contributed by atoms with E-state index in [4.69, 9.17) is 14.5 Å². The van der Waals surface area contributed by atoms with E-state index in [0.29, 0.717) is 39.4 Å². The zero-order chi connectivity index (χ0) is 30.3. The number of rotatable bonds is 9. The largest absolute Gasteiger partial charge is 0.497 e. The number of anilines is 1. The Bertz CT molecular complexity index is 1780. The van der Waals surface area contributed by atoms with Crippen molar-refractivity contribution in [3.8, 4) is 11.4 Å². The summed E-state index contributed by atoms with van der Waals surface area (Å²) >= 11 is 0. The number of aromatic nitrogens is 2. The third-order valence-electron chi connectivity index (χ3n) is 7.08. The van der Waals surface area contributed by atoms with Crippen LogP contribution >= 0.6 is 0 Å². The average Bonchev–Trinajstić information content (AvgIpc) is 3.04. The number of nitrogens with one attached hydrogen (secondary N) is 1. The Morgan fingerprint density at radius 3 is 2.26 bits per heavy atom. The van der Waals surface area contributed by atoms with Gasteiger partial charge in [0.05, 0.1) is 41.9 Å². The number of hydrogen-bond acceptors (Lipinski definition) is 6. The molecule has 0 aliphatic rings. The van der Waals surface area contributed by atoms with E-state index < -0.39 is 18.0 Å². The number of carbonyl (C=O) groups excluding carboxylic acids is 2. The van der Waals surface area contributed by atoms with Crippen molar-refractivity contribution in [2.75, 3.05) is 19.0 Å². The van der Waals surface area contributed by atoms with Crippen molar-refractivity contribution in [1.29, 1.82) is 0 Å². The van der Waals surface area contributed by atoms with Crippen molar-refractivity contribution in [2.24, 2.45) is 0 Å². The lowest BCUT2D eigenvalue weighted by atomic mass is 10.1. The lowest BCUT2D eigenvalue weighted by Gasteiger charge is -2.31. The molecule has 9 nitrogen and oxygen atoms in total. The molecule has 5 rings (SSSR count). The van der Waals surface area contributed by atoms with E-state index in [1.165, 1.54) is 0 Å². The van der Waals surface area contributed by atoms with Crippen LogP contribution in [0, 0.1) is 0 Å². The van der Waals surface area contributed by atoms with Crippen LogP contribution < -0.4 is 15.6 Å². The zero-order valence-corrected chi connectivity index (χ0v) is 24.2. The molecule has 218 valence electrons. The fourth-order valence-corrected chi connectivity index (χ4v) is 4.81. The third kappa shape index (κ3) is 6.41. The Morgan fingerprint density at radius 1 is 0.907 bits per heavy atom. The van der Waals surface area contributed by atoms with Crippen molar-refractivity contribution in [3.63, 3.8) is 0 Å². The van der Waals surface area contributed by atoms with Gasteiger partial charge >= 0.3 is 12.0 Å². The zero-order valence-electron chi connectivity index (χ0n) is 24.2. The molecule has 2 amide bonds. The molecule has 1 heterocycles. The van der Waals surface area contributed by atoms with Crippen LogP contribution in [-0.4, -0.2) is 40.2 Å². The average molecular weight is 577 g/mol. The van der Waals surface area contributed by atoms with Crippen molar-refractivity contribution >= 4 is 28.6 Å². The standard InChI is InChI=1S/C34H32N4O5/c1-4-43-33(40)25-14-16-26(17-15-25)35-34(41)37(22-24-10-6-5-7-11-24)23(2)31-36-30-13-9-8-12-29(30)32(39)38(31)27-18-20-28(42-3)21-19-27/h5-21,23H,4,22H2,1-3H3,(H,35,41). The fourth-order valence-electron chi connectivity index (χ4n) is 4.81. The van der Waals surface area contributed by atoms with E-state index in [2.05, 4.69) is 5.32 Å². The molecule has 43 heavy (non-hydrogen) atoms. The van der Waals surface area contributed by atoms with Gasteiger partial charge in [-0.05, 0) is 80.1 Å². The first-order valence-electron chi connectivity index (χ1n) is 13.9. The Hall–Kier alpha value is -5.44. The van der Waals surface area contributed by atoms with Gasteiger partial charge in [-0.15, -0.1) is 0 Å². The van der Waals surface area contributed by atoms with Gasteiger partial charge in [-0.1, -0.05) is 42.5 Å². The van der Waals surface area contributed by atoms with Crippen LogP contribution in [0.1, 0.15) is 41.6 Å². The second-order valence-corrected chi connectivity index (χ2v) is 9.84. The highest BCUT2D eigenvalue weighted by Crippen LogP contribution is 2.26. The summed E-state index contributed by atoms with van der Waals surface area (Å²) in [5.41, 5.74) is 2.68. The number of carbonyl (C=O) groups is 2. The Kier molecular flexibility index (Phi) is 8.81. The molecule has 0 spiro atoms. The van der Waals surface area contributed by atoms with Crippen LogP contribution in [0.5, 0.6) is 5.75 Å². The van der Waals surface area contributed by atoms with E-state index in [-0.39, 0.29) is 18.7 Å². The van der Waals surface area contributed by atoms with Gasteiger partial charge in [0, 0.05) is 12.2 Å². The second-order valence-electron chi connectivity index (χ2n) is 9.84. The van der Waals surface area contributed by atoms with Crippen molar-refractivity contribution in [1.82, 2.24) is 14.5 Å². The highest BCUT2D eigenvalue weighted by Gasteiger charge is 2.27. The van der Waals surface area contributed by atoms with Crippen molar-refractivity contribution in [2.45, 2.75) is 26.4 Å². The summed E-state index contributed by atoms with van der Waals surface area (Å²) in [5, 5.41) is 3.41. The van der Waals surface area contributed by atoms with E-state index >= 15 is 0 Å². The number of ether oxygens (including phenoxy) is 2. The van der Waals surface area contributed by atoms with Crippen LogP contribution in [0.15, 0.2) is 108 Å². The van der Waals surface area contributed by atoms with Crippen LogP contribution in [-0.2, 0) is 11.3 Å². The molecule has 9 heteroatoms. The number of urea groups is 1. The molecule has 5 aromatic rings. The van der Waals surface area contributed by atoms with Gasteiger partial charge < -0.3 is 19.7 Å². The summed E-state index contributed by atoms with van der Waals surface area (Å²) in [6.07, 6.45) is 0. The summed E-state index contributed by atoms with van der Waals surface area (Å²) in [5.74, 6) is 0.621. The Morgan fingerprint density at radius 2 is 1.58 bits per heavy atom. The number of methoxy groups -OCH3 is 1. The molecule has 0 fully saturated rings. The number of hydrogen-bond donors (Lipinski definition) is 1. The maximum atomic E-state index is 13.9. The van der Waals surface area contributed by atoms with Gasteiger partial charge in [0.25, 0.3) is 5.56 Å². The first-order valence-corrected chi connectivity index (χ1v) is 13.9. The van der Waals surface area contributed by atoms with Crippen LogP contribution in [0.25, 0.3) is 16.6 Å². The van der Waals surface area contributed by atoms with Gasteiger partial charge in [-0.2, -0.15) is 0 Å². The summed E-state index contributed by atoms with van der Waals surface area (Å²) in [7, 11) is 1.58. The van der Waals surface area contributed by atoms with E-state index in [1.54, 1.807) is 90.2 Å². The molecule has 0 saturated heterocycles. The lowest BCUT2D eigenvalue weighted by Crippen LogP contribution is -2.39. The predicted octanol–water partition coefficient (Wildman–Crippen LogP) is 6.37. The third-order valence-corrected chi connectivity index (χ3v) is 7.08. The van der Waals surface area contributed by atoms with Gasteiger partial charge in [0.2, 0.25) is 0 Å². The first kappa shape index (κ1) is 29.1. The second kappa shape index (κ2) is 13.0. The highest BCUT2D eigenvalue weighted by atomic mass is 16.5. The highest BCUT2D eigenvalue weighted by molar-refractivity contribution is 5.92. The molecule has 1 aromatic heterocycles. The summed E-state index contributed by atoms with van der Waals surface area (Å²) in [4.78, 5) is 46.5. The number of benzene rings is 4. The summed E-state index contributed by atoms with van der Waals surface area (Å²) in [6, 6.07) is 29.4. The first-order chi connectivity index (χ1) is 20.9. The monoisotopic (exact) mass is 576 g/mol. The topological polar surface area (TPSA) is 103 Å². The van der Waals surface area contributed by atoms with Gasteiger partial charge in [-0.3, -0.25) is 9.36 Å². The molecular formula is C34H32N4O5. The lowest BCUT2D eigenvalue weighted by molar-refractivity contribution is 0.0526. The number of fused-ring (bicyclic) bond motifs is 1. The molecular weight excluding hydrogens is 544 g/mol. The van der Waals surface area contributed by atoms with Crippen molar-refractivity contribution < 1.29 is 19.1 Å². The Labute approximate surface area is 249 Å². The maximum Gasteiger partial charge on any atom is 0.338 e. The van der Waals surface area contributed by atoms with Crippen molar-refractivity contribution in [3.05, 3.63) is 130 Å². The molecule has 0 bridgehead atoms. The fraction of sp³-hybridized carbons (Fsp3) is 0.176. The number of para-hydroxylation sites is 1. The predicted molar refractivity (Wildman–Crippen MR) is 166 cm³/mol. The molecule has 1 atom stereocenters. The van der Waals surface area contributed by atoms with Gasteiger partial charge in [-0.25, -0.2) is 14.6 Å². The minimum absolute atomic E-state index is 0.243. The molecule has 4 aromatic carbocycles. The SMILES string of the molecule is CCOC(=O)c1ccc(NC(=O)N(Cc2ccccc2)C(C)c2nc3ccccc3c(=O)n2-c2ccc(OC)cc2)cc1. The smallest absolute Gasteiger partial charge is 0.338 e. The minimum Gasteiger partial charge on any atom is -0.497 e. The Balaban J connectivity index is 1.57. The number of nitrogens with zero attached hydrogens (tertiary/aromatic N) is 3. The summed E-state index contributed by atoms with van der Waals surface area (Å²) < 4.78 is 11.9.